The Balaban J connectivity index is 0.00000288. The van der Waals surface area contributed by atoms with Gasteiger partial charge in [-0.1, -0.05) is 36.4 Å². The van der Waals surface area contributed by atoms with Crippen LogP contribution in [-0.4, -0.2) is 31.5 Å². The van der Waals surface area contributed by atoms with Gasteiger partial charge in [-0.15, -0.1) is 12.4 Å². The first kappa shape index (κ1) is 20.3. The lowest BCUT2D eigenvalue weighted by atomic mass is 10.1. The number of aliphatic hydroxyl groups is 1. The van der Waals surface area contributed by atoms with Crippen molar-refractivity contribution in [2.75, 3.05) is 20.3 Å². The topological polar surface area (TPSA) is 50.7 Å². The fraction of sp³-hybridized carbons (Fsp3) is 0.368. The summed E-state index contributed by atoms with van der Waals surface area (Å²) < 4.78 is 11.3. The summed E-state index contributed by atoms with van der Waals surface area (Å²) in [4.78, 5) is 0. The van der Waals surface area contributed by atoms with Gasteiger partial charge in [-0.05, 0) is 30.2 Å². The van der Waals surface area contributed by atoms with Gasteiger partial charge < -0.3 is 19.9 Å². The Labute approximate surface area is 150 Å². The molecule has 0 fully saturated rings. The smallest absolute Gasteiger partial charge is 0.161 e. The van der Waals surface area contributed by atoms with E-state index in [4.69, 9.17) is 9.47 Å². The lowest BCUT2D eigenvalue weighted by Crippen LogP contribution is -2.23. The van der Waals surface area contributed by atoms with Crippen molar-refractivity contribution in [3.8, 4) is 11.5 Å². The summed E-state index contributed by atoms with van der Waals surface area (Å²) in [6, 6.07) is 16.2. The van der Waals surface area contributed by atoms with Crippen molar-refractivity contribution in [2.24, 2.45) is 0 Å². The van der Waals surface area contributed by atoms with E-state index in [1.165, 1.54) is 5.56 Å². The fourth-order valence-electron chi connectivity index (χ4n) is 2.29. The molecule has 4 nitrogen and oxygen atoms in total. The molecule has 0 saturated carbocycles. The first-order chi connectivity index (χ1) is 11.2. The molecule has 132 valence electrons. The first-order valence-electron chi connectivity index (χ1n) is 7.91. The highest BCUT2D eigenvalue weighted by molar-refractivity contribution is 5.85. The molecule has 0 aromatic heterocycles. The molecule has 0 bridgehead atoms. The molecule has 2 N–H and O–H groups in total. The summed E-state index contributed by atoms with van der Waals surface area (Å²) in [6.07, 6.45) is 0.513. The van der Waals surface area contributed by atoms with Crippen LogP contribution in [0.5, 0.6) is 11.5 Å². The molecule has 5 heteroatoms. The molecule has 2 aromatic rings. The number of rotatable bonds is 9. The zero-order chi connectivity index (χ0) is 16.5. The average Bonchev–Trinajstić information content (AvgIpc) is 2.56. The second kappa shape index (κ2) is 10.9. The Kier molecular flexibility index (Phi) is 9.23. The van der Waals surface area contributed by atoms with E-state index in [-0.39, 0.29) is 18.5 Å². The third-order valence-corrected chi connectivity index (χ3v) is 3.49. The van der Waals surface area contributed by atoms with E-state index in [1.807, 2.05) is 36.4 Å². The van der Waals surface area contributed by atoms with Crippen LogP contribution in [0, 0.1) is 0 Å². The third-order valence-electron chi connectivity index (χ3n) is 3.49. The molecule has 2 aromatic carbocycles. The second-order valence-electron chi connectivity index (χ2n) is 5.55. The summed E-state index contributed by atoms with van der Waals surface area (Å²) in [5, 5.41) is 12.4. The number of hydrogen-bond donors (Lipinski definition) is 2. The molecule has 0 aliphatic heterocycles. The van der Waals surface area contributed by atoms with Crippen LogP contribution in [0.1, 0.15) is 18.1 Å². The summed E-state index contributed by atoms with van der Waals surface area (Å²) >= 11 is 0. The van der Waals surface area contributed by atoms with Crippen molar-refractivity contribution in [1.82, 2.24) is 5.32 Å². The minimum atomic E-state index is -0.350. The molecule has 24 heavy (non-hydrogen) atoms. The van der Waals surface area contributed by atoms with Crippen LogP contribution in [0.15, 0.2) is 48.5 Å². The molecule has 0 aliphatic carbocycles. The van der Waals surface area contributed by atoms with Crippen molar-refractivity contribution in [2.45, 2.75) is 26.0 Å². The van der Waals surface area contributed by atoms with Crippen molar-refractivity contribution >= 4 is 12.4 Å². The van der Waals surface area contributed by atoms with E-state index in [9.17, 15) is 5.11 Å². The maximum Gasteiger partial charge on any atom is 0.161 e. The highest BCUT2D eigenvalue weighted by atomic mass is 35.5. The number of ether oxygens (including phenoxy) is 2. The predicted molar refractivity (Wildman–Crippen MR) is 99.3 cm³/mol. The van der Waals surface area contributed by atoms with Crippen LogP contribution >= 0.6 is 12.4 Å². The minimum Gasteiger partial charge on any atom is -0.493 e. The molecule has 0 amide bonds. The number of halogens is 1. The van der Waals surface area contributed by atoms with Crippen LogP contribution in [0.4, 0.5) is 0 Å². The minimum absolute atomic E-state index is 0. The molecular formula is C19H26ClNO3. The molecule has 0 radical (unpaired) electrons. The number of hydrogen-bond acceptors (Lipinski definition) is 4. The Morgan fingerprint density at radius 3 is 2.46 bits per heavy atom. The van der Waals surface area contributed by atoms with Crippen molar-refractivity contribution in [1.29, 1.82) is 0 Å². The van der Waals surface area contributed by atoms with E-state index in [0.717, 1.165) is 23.5 Å². The van der Waals surface area contributed by atoms with Crippen LogP contribution in [-0.2, 0) is 13.0 Å². The zero-order valence-electron chi connectivity index (χ0n) is 14.2. The van der Waals surface area contributed by atoms with Crippen LogP contribution in [0.3, 0.4) is 0 Å². The van der Waals surface area contributed by atoms with Crippen molar-refractivity contribution < 1.29 is 14.6 Å². The Hall–Kier alpha value is -1.75. The summed E-state index contributed by atoms with van der Waals surface area (Å²) in [5.74, 6) is 1.48. The Bertz CT molecular complexity index is 590. The van der Waals surface area contributed by atoms with E-state index in [0.29, 0.717) is 19.7 Å². The van der Waals surface area contributed by atoms with Crippen molar-refractivity contribution in [3.05, 3.63) is 59.7 Å². The van der Waals surface area contributed by atoms with Gasteiger partial charge in [0.2, 0.25) is 0 Å². The van der Waals surface area contributed by atoms with Gasteiger partial charge in [0.05, 0.1) is 19.8 Å². The van der Waals surface area contributed by atoms with Crippen LogP contribution in [0.25, 0.3) is 0 Å². The second-order valence-corrected chi connectivity index (χ2v) is 5.55. The zero-order valence-corrected chi connectivity index (χ0v) is 15.0. The Morgan fingerprint density at radius 2 is 1.79 bits per heavy atom. The molecule has 0 heterocycles. The van der Waals surface area contributed by atoms with Gasteiger partial charge in [0.25, 0.3) is 0 Å². The number of benzene rings is 2. The van der Waals surface area contributed by atoms with E-state index >= 15 is 0 Å². The van der Waals surface area contributed by atoms with Gasteiger partial charge in [0, 0.05) is 19.5 Å². The molecule has 0 aliphatic rings. The highest BCUT2D eigenvalue weighted by Gasteiger charge is 2.06. The van der Waals surface area contributed by atoms with E-state index < -0.39 is 0 Å². The lowest BCUT2D eigenvalue weighted by Gasteiger charge is -2.13. The molecule has 1 atom stereocenters. The molecular weight excluding hydrogens is 326 g/mol. The SMILES string of the molecule is COc1cc(CNCC(C)O)ccc1OCCc1ccccc1.Cl. The summed E-state index contributed by atoms with van der Waals surface area (Å²) in [6.45, 7) is 3.63. The van der Waals surface area contributed by atoms with Gasteiger partial charge in [-0.25, -0.2) is 0 Å². The predicted octanol–water partition coefficient (Wildman–Crippen LogP) is 3.21. The fourth-order valence-corrected chi connectivity index (χ4v) is 2.29. The normalized spacial score (nSPS) is 11.5. The lowest BCUT2D eigenvalue weighted by molar-refractivity contribution is 0.191. The van der Waals surface area contributed by atoms with Gasteiger partial charge in [0.15, 0.2) is 11.5 Å². The average molecular weight is 352 g/mol. The molecule has 2 rings (SSSR count). The standard InChI is InChI=1S/C19H25NO3.ClH/c1-15(21)13-20-14-17-8-9-18(19(12-17)22-2)23-11-10-16-6-4-3-5-7-16;/h3-9,12,15,20-21H,10-11,13-14H2,1-2H3;1H. The summed E-state index contributed by atoms with van der Waals surface area (Å²) in [7, 11) is 1.65. The van der Waals surface area contributed by atoms with Crippen LogP contribution < -0.4 is 14.8 Å². The number of aliphatic hydroxyl groups excluding tert-OH is 1. The van der Waals surface area contributed by atoms with E-state index in [1.54, 1.807) is 14.0 Å². The van der Waals surface area contributed by atoms with Crippen LogP contribution in [0.2, 0.25) is 0 Å². The van der Waals surface area contributed by atoms with Gasteiger partial charge in [-0.3, -0.25) is 0 Å². The van der Waals surface area contributed by atoms with Gasteiger partial charge >= 0.3 is 0 Å². The first-order valence-corrected chi connectivity index (χ1v) is 7.91. The number of methoxy groups -OCH3 is 1. The maximum absolute atomic E-state index is 9.26. The Morgan fingerprint density at radius 1 is 1.04 bits per heavy atom. The molecule has 0 saturated heterocycles. The number of nitrogens with one attached hydrogen (secondary N) is 1. The molecule has 1 unspecified atom stereocenters. The maximum atomic E-state index is 9.26. The largest absolute Gasteiger partial charge is 0.493 e. The van der Waals surface area contributed by atoms with E-state index in [2.05, 4.69) is 17.4 Å². The third kappa shape index (κ3) is 6.79. The molecule has 0 spiro atoms. The highest BCUT2D eigenvalue weighted by Crippen LogP contribution is 2.28. The van der Waals surface area contributed by atoms with Gasteiger partial charge in [-0.2, -0.15) is 0 Å². The monoisotopic (exact) mass is 351 g/mol. The van der Waals surface area contributed by atoms with Gasteiger partial charge in [0.1, 0.15) is 0 Å². The quantitative estimate of drug-likeness (QED) is 0.728. The van der Waals surface area contributed by atoms with Crippen molar-refractivity contribution in [3.63, 3.8) is 0 Å². The summed E-state index contributed by atoms with van der Waals surface area (Å²) in [5.41, 5.74) is 2.35.